The topological polar surface area (TPSA) is 72.1 Å². The molecule has 0 aliphatic heterocycles. The first-order chi connectivity index (χ1) is 15.9. The molecule has 1 amide bonds. The van der Waals surface area contributed by atoms with E-state index in [-0.39, 0.29) is 29.6 Å². The summed E-state index contributed by atoms with van der Waals surface area (Å²) in [6, 6.07) is 3.71. The molecular formula is C26H34BrFN4O2. The Bertz CT molecular complexity index is 1090. The highest BCUT2D eigenvalue weighted by Crippen LogP contribution is 2.57. The third kappa shape index (κ3) is 5.26. The maximum Gasteiger partial charge on any atom is 0.232 e. The van der Waals surface area contributed by atoms with Gasteiger partial charge in [0.15, 0.2) is 5.82 Å². The van der Waals surface area contributed by atoms with E-state index in [1.165, 1.54) is 11.1 Å². The Morgan fingerprint density at radius 1 is 1.29 bits per heavy atom. The van der Waals surface area contributed by atoms with Gasteiger partial charge in [-0.05, 0) is 84.5 Å². The standard InChI is InChI=1S/C26H34BrFN4O2/c1-6-25(5,28)10-8-21(33)32(18-9-12-29-20(27)13-18)16-26-11-7-19(17(14-26)15-26)22-30-23(34-31-22)24(2,3)4/h9,12-13H,6-8,10-11,14-16H2,1-5H3. The van der Waals surface area contributed by atoms with E-state index >= 15 is 0 Å². The van der Waals surface area contributed by atoms with Gasteiger partial charge in [0.2, 0.25) is 11.8 Å². The number of hydrogen-bond acceptors (Lipinski definition) is 5. The number of allylic oxidation sites excluding steroid dienone is 2. The van der Waals surface area contributed by atoms with Gasteiger partial charge in [-0.15, -0.1) is 0 Å². The molecule has 0 spiro atoms. The number of pyridine rings is 1. The normalized spacial score (nSPS) is 18.9. The third-order valence-corrected chi connectivity index (χ3v) is 7.69. The molecule has 3 aliphatic rings. The first-order valence-electron chi connectivity index (χ1n) is 12.1. The number of anilines is 1. The average molecular weight is 533 g/mol. The Hall–Kier alpha value is -2.09. The Balaban J connectivity index is 1.52. The Morgan fingerprint density at radius 2 is 2.03 bits per heavy atom. The van der Waals surface area contributed by atoms with Crippen LogP contribution in [0.3, 0.4) is 0 Å². The smallest absolute Gasteiger partial charge is 0.232 e. The number of nitrogens with zero attached hydrogens (tertiary/aromatic N) is 4. The van der Waals surface area contributed by atoms with E-state index in [0.29, 0.717) is 29.3 Å². The molecule has 1 fully saturated rings. The molecule has 0 radical (unpaired) electrons. The van der Waals surface area contributed by atoms with Crippen LogP contribution in [-0.2, 0) is 10.2 Å². The van der Waals surface area contributed by atoms with E-state index in [1.807, 2.05) is 24.0 Å². The lowest BCUT2D eigenvalue weighted by molar-refractivity contribution is -0.119. The minimum atomic E-state index is -1.33. The molecule has 0 N–H and O–H groups in total. The largest absolute Gasteiger partial charge is 0.338 e. The molecular weight excluding hydrogens is 499 g/mol. The highest BCUT2D eigenvalue weighted by molar-refractivity contribution is 9.10. The van der Waals surface area contributed by atoms with Crippen LogP contribution in [0.1, 0.15) is 91.3 Å². The fraction of sp³-hybridized carbons (Fsp3) is 0.615. The molecule has 2 aromatic rings. The third-order valence-electron chi connectivity index (χ3n) is 7.26. The zero-order valence-corrected chi connectivity index (χ0v) is 22.3. The van der Waals surface area contributed by atoms with Crippen molar-refractivity contribution in [3.05, 3.63) is 40.2 Å². The predicted octanol–water partition coefficient (Wildman–Crippen LogP) is 6.80. The molecule has 2 aromatic heterocycles. The number of hydrogen-bond donors (Lipinski definition) is 0. The lowest BCUT2D eigenvalue weighted by Crippen LogP contribution is -2.48. The van der Waals surface area contributed by atoms with Crippen LogP contribution < -0.4 is 4.90 Å². The molecule has 1 unspecified atom stereocenters. The molecule has 2 bridgehead atoms. The molecule has 0 aromatic carbocycles. The van der Waals surface area contributed by atoms with Crippen molar-refractivity contribution in [2.24, 2.45) is 5.41 Å². The van der Waals surface area contributed by atoms with E-state index in [4.69, 9.17) is 4.52 Å². The molecule has 6 nitrogen and oxygen atoms in total. The number of rotatable bonds is 8. The van der Waals surface area contributed by atoms with Crippen molar-refractivity contribution in [1.82, 2.24) is 15.1 Å². The van der Waals surface area contributed by atoms with Gasteiger partial charge in [0.25, 0.3) is 0 Å². The number of alkyl halides is 1. The van der Waals surface area contributed by atoms with Crippen molar-refractivity contribution in [3.8, 4) is 0 Å². The fourth-order valence-corrected chi connectivity index (χ4v) is 5.17. The van der Waals surface area contributed by atoms with E-state index in [2.05, 4.69) is 51.8 Å². The number of halogens is 2. The number of amides is 1. The van der Waals surface area contributed by atoms with Gasteiger partial charge in [-0.3, -0.25) is 4.79 Å². The number of fused-ring (bicyclic) bond motifs is 2. The van der Waals surface area contributed by atoms with Gasteiger partial charge < -0.3 is 9.42 Å². The number of carbonyl (C=O) groups excluding carboxylic acids is 1. The lowest BCUT2D eigenvalue weighted by atomic mass is 9.57. The monoisotopic (exact) mass is 532 g/mol. The Morgan fingerprint density at radius 3 is 2.59 bits per heavy atom. The van der Waals surface area contributed by atoms with Crippen LogP contribution in [0, 0.1) is 5.41 Å². The van der Waals surface area contributed by atoms with Crippen molar-refractivity contribution in [3.63, 3.8) is 0 Å². The maximum absolute atomic E-state index is 14.5. The number of carbonyl (C=O) groups is 1. The van der Waals surface area contributed by atoms with Gasteiger partial charge in [-0.2, -0.15) is 4.98 Å². The van der Waals surface area contributed by atoms with Crippen LogP contribution >= 0.6 is 15.9 Å². The summed E-state index contributed by atoms with van der Waals surface area (Å²) in [5.74, 6) is 1.32. The molecule has 2 heterocycles. The molecule has 8 heteroatoms. The summed E-state index contributed by atoms with van der Waals surface area (Å²) in [5, 5.41) is 4.25. The van der Waals surface area contributed by atoms with Crippen LogP contribution in [-0.4, -0.2) is 33.2 Å². The van der Waals surface area contributed by atoms with E-state index in [1.54, 1.807) is 13.1 Å². The van der Waals surface area contributed by atoms with Crippen molar-refractivity contribution >= 4 is 33.1 Å². The van der Waals surface area contributed by atoms with Gasteiger partial charge in [-0.25, -0.2) is 9.37 Å². The van der Waals surface area contributed by atoms with Crippen molar-refractivity contribution in [1.29, 1.82) is 0 Å². The summed E-state index contributed by atoms with van der Waals surface area (Å²) in [7, 11) is 0. The zero-order valence-electron chi connectivity index (χ0n) is 20.8. The maximum atomic E-state index is 14.5. The SMILES string of the molecule is CCC(C)(F)CCC(=O)N(CC12CCC(c3noc(C(C)(C)C)n3)=C(C1)C2)c1ccnc(Br)c1. The van der Waals surface area contributed by atoms with Gasteiger partial charge in [-0.1, -0.05) is 38.4 Å². The van der Waals surface area contributed by atoms with E-state index < -0.39 is 5.67 Å². The molecule has 3 aliphatic carbocycles. The molecule has 34 heavy (non-hydrogen) atoms. The lowest BCUT2D eigenvalue weighted by Gasteiger charge is -2.51. The van der Waals surface area contributed by atoms with E-state index in [0.717, 1.165) is 31.4 Å². The summed E-state index contributed by atoms with van der Waals surface area (Å²) >= 11 is 3.42. The summed E-state index contributed by atoms with van der Waals surface area (Å²) in [5.41, 5.74) is 1.88. The van der Waals surface area contributed by atoms with Crippen LogP contribution in [0.2, 0.25) is 0 Å². The van der Waals surface area contributed by atoms with Crippen molar-refractivity contribution in [2.75, 3.05) is 11.4 Å². The van der Waals surface area contributed by atoms with Gasteiger partial charge in [0.1, 0.15) is 10.3 Å². The molecule has 1 atom stereocenters. The van der Waals surface area contributed by atoms with Gasteiger partial charge >= 0.3 is 0 Å². The summed E-state index contributed by atoms with van der Waals surface area (Å²) < 4.78 is 20.7. The van der Waals surface area contributed by atoms with Crippen LogP contribution in [0.15, 0.2) is 33.0 Å². The van der Waals surface area contributed by atoms with Gasteiger partial charge in [0.05, 0.1) is 0 Å². The molecule has 1 saturated carbocycles. The summed E-state index contributed by atoms with van der Waals surface area (Å²) in [6.45, 7) is 10.2. The Labute approximate surface area is 209 Å². The van der Waals surface area contributed by atoms with Crippen molar-refractivity contribution in [2.45, 2.75) is 90.6 Å². The average Bonchev–Trinajstić information content (AvgIpc) is 3.26. The second-order valence-electron chi connectivity index (χ2n) is 11.2. The van der Waals surface area contributed by atoms with Crippen LogP contribution in [0.5, 0.6) is 0 Å². The van der Waals surface area contributed by atoms with Gasteiger partial charge in [0, 0.05) is 30.3 Å². The minimum absolute atomic E-state index is 0.0323. The van der Waals surface area contributed by atoms with Crippen LogP contribution in [0.4, 0.5) is 10.1 Å². The summed E-state index contributed by atoms with van der Waals surface area (Å²) in [6.07, 6.45) is 6.17. The first kappa shape index (κ1) is 25.0. The first-order valence-corrected chi connectivity index (χ1v) is 12.9. The quantitative estimate of drug-likeness (QED) is 0.349. The Kier molecular flexibility index (Phi) is 6.75. The second-order valence-corrected chi connectivity index (χ2v) is 12.0. The van der Waals surface area contributed by atoms with E-state index in [9.17, 15) is 9.18 Å². The molecule has 5 rings (SSSR count). The second kappa shape index (κ2) is 9.17. The highest BCUT2D eigenvalue weighted by Gasteiger charge is 2.48. The molecule has 184 valence electrons. The fourth-order valence-electron chi connectivity index (χ4n) is 4.82. The molecule has 0 saturated heterocycles. The van der Waals surface area contributed by atoms with Crippen molar-refractivity contribution < 1.29 is 13.7 Å². The zero-order chi connectivity index (χ0) is 24.7. The summed E-state index contributed by atoms with van der Waals surface area (Å²) in [4.78, 5) is 24.0. The highest BCUT2D eigenvalue weighted by atomic mass is 79.9. The van der Waals surface area contributed by atoms with Crippen LogP contribution in [0.25, 0.3) is 5.57 Å². The minimum Gasteiger partial charge on any atom is -0.338 e. The number of aromatic nitrogens is 3. The predicted molar refractivity (Wildman–Crippen MR) is 134 cm³/mol.